The largest absolute Gasteiger partial charge is 0.352 e. The topological polar surface area (TPSA) is 46.9 Å². The van der Waals surface area contributed by atoms with Gasteiger partial charge in [-0.3, -0.25) is 4.79 Å². The van der Waals surface area contributed by atoms with Gasteiger partial charge in [-0.1, -0.05) is 58.8 Å². The highest BCUT2D eigenvalue weighted by Gasteiger charge is 2.11. The molecule has 2 aromatic carbocycles. The minimum Gasteiger partial charge on any atom is -0.352 e. The molecule has 4 nitrogen and oxygen atoms in total. The van der Waals surface area contributed by atoms with Crippen molar-refractivity contribution in [3.05, 3.63) is 76.0 Å². The van der Waals surface area contributed by atoms with Crippen LogP contribution < -0.4 is 5.32 Å². The van der Waals surface area contributed by atoms with Gasteiger partial charge >= 0.3 is 0 Å². The van der Waals surface area contributed by atoms with E-state index in [0.29, 0.717) is 6.54 Å². The van der Waals surface area contributed by atoms with E-state index in [-0.39, 0.29) is 5.91 Å². The quantitative estimate of drug-likeness (QED) is 0.422. The first-order chi connectivity index (χ1) is 14.0. The first-order valence-corrected chi connectivity index (χ1v) is 10.9. The summed E-state index contributed by atoms with van der Waals surface area (Å²) in [6.45, 7) is 9.42. The standard InChI is InChI=1S/C24H28BrN3O/c1-17-12-13-20(18(2)15-17)24(29)26-14-8-4-5-11-23-27-21-9-6-7-10-22(21)28(23)16-19(3)25/h6-7,9-10,12-13,15H,3-5,8,11,14,16H2,1-2H3,(H,26,29). The molecule has 0 unspecified atom stereocenters. The molecule has 5 heteroatoms. The third-order valence-corrected chi connectivity index (χ3v) is 5.30. The molecule has 1 heterocycles. The van der Waals surface area contributed by atoms with Crippen LogP contribution in [0.1, 0.15) is 46.6 Å². The third kappa shape index (κ3) is 5.57. The zero-order valence-corrected chi connectivity index (χ0v) is 18.8. The maximum absolute atomic E-state index is 12.3. The molecule has 1 amide bonds. The van der Waals surface area contributed by atoms with Crippen LogP contribution >= 0.6 is 15.9 Å². The molecular weight excluding hydrogens is 426 g/mol. The molecule has 3 rings (SSSR count). The van der Waals surface area contributed by atoms with Gasteiger partial charge in [0.1, 0.15) is 5.82 Å². The third-order valence-electron chi connectivity index (χ3n) is 5.05. The van der Waals surface area contributed by atoms with E-state index in [1.165, 1.54) is 5.56 Å². The lowest BCUT2D eigenvalue weighted by Gasteiger charge is -2.09. The fourth-order valence-electron chi connectivity index (χ4n) is 3.61. The van der Waals surface area contributed by atoms with E-state index >= 15 is 0 Å². The molecular formula is C24H28BrN3O. The number of aryl methyl sites for hydroxylation is 3. The molecule has 0 fully saturated rings. The van der Waals surface area contributed by atoms with Crippen molar-refractivity contribution < 1.29 is 4.79 Å². The molecule has 0 spiro atoms. The zero-order valence-electron chi connectivity index (χ0n) is 17.2. The first-order valence-electron chi connectivity index (χ1n) is 10.1. The molecule has 0 saturated heterocycles. The van der Waals surface area contributed by atoms with Crippen molar-refractivity contribution in [3.63, 3.8) is 0 Å². The van der Waals surface area contributed by atoms with E-state index in [4.69, 9.17) is 4.98 Å². The monoisotopic (exact) mass is 453 g/mol. The second kappa shape index (κ2) is 9.88. The van der Waals surface area contributed by atoms with E-state index < -0.39 is 0 Å². The smallest absolute Gasteiger partial charge is 0.251 e. The van der Waals surface area contributed by atoms with Gasteiger partial charge in [-0.15, -0.1) is 0 Å². The summed E-state index contributed by atoms with van der Waals surface area (Å²) < 4.78 is 3.17. The van der Waals surface area contributed by atoms with Crippen LogP contribution in [-0.2, 0) is 13.0 Å². The maximum Gasteiger partial charge on any atom is 0.251 e. The Morgan fingerprint density at radius 3 is 2.69 bits per heavy atom. The predicted molar refractivity (Wildman–Crippen MR) is 124 cm³/mol. The molecule has 29 heavy (non-hydrogen) atoms. The average Bonchev–Trinajstić information content (AvgIpc) is 3.01. The Morgan fingerprint density at radius 1 is 1.14 bits per heavy atom. The second-order valence-electron chi connectivity index (χ2n) is 7.51. The number of nitrogens with zero attached hydrogens (tertiary/aromatic N) is 2. The number of carbonyl (C=O) groups is 1. The Bertz CT molecular complexity index is 1020. The summed E-state index contributed by atoms with van der Waals surface area (Å²) in [5, 5.41) is 3.04. The number of nitrogens with one attached hydrogen (secondary N) is 1. The minimum absolute atomic E-state index is 0.0140. The second-order valence-corrected chi connectivity index (χ2v) is 8.63. The average molecular weight is 454 g/mol. The van der Waals surface area contributed by atoms with E-state index in [2.05, 4.69) is 44.5 Å². The van der Waals surface area contributed by atoms with Gasteiger partial charge in [0.15, 0.2) is 0 Å². The van der Waals surface area contributed by atoms with E-state index in [9.17, 15) is 4.79 Å². The number of rotatable bonds is 9. The van der Waals surface area contributed by atoms with Crippen molar-refractivity contribution in [2.24, 2.45) is 0 Å². The number of para-hydroxylation sites is 2. The maximum atomic E-state index is 12.3. The Kier molecular flexibility index (Phi) is 7.26. The van der Waals surface area contributed by atoms with Crippen LogP contribution in [0, 0.1) is 13.8 Å². The van der Waals surface area contributed by atoms with Crippen molar-refractivity contribution in [2.75, 3.05) is 6.54 Å². The molecule has 0 radical (unpaired) electrons. The number of unbranched alkanes of at least 4 members (excludes halogenated alkanes) is 2. The summed E-state index contributed by atoms with van der Waals surface area (Å²) in [5.41, 5.74) is 5.13. The van der Waals surface area contributed by atoms with E-state index in [0.717, 1.165) is 64.7 Å². The molecule has 0 aliphatic carbocycles. The first kappa shape index (κ1) is 21.3. The van der Waals surface area contributed by atoms with Crippen LogP contribution in [0.15, 0.2) is 53.5 Å². The number of hydrogen-bond acceptors (Lipinski definition) is 2. The van der Waals surface area contributed by atoms with Crippen LogP contribution in [0.5, 0.6) is 0 Å². The summed E-state index contributed by atoms with van der Waals surface area (Å²) in [7, 11) is 0. The van der Waals surface area contributed by atoms with Gasteiger partial charge in [0.2, 0.25) is 0 Å². The van der Waals surface area contributed by atoms with Gasteiger partial charge in [0, 0.05) is 23.0 Å². The van der Waals surface area contributed by atoms with Gasteiger partial charge in [-0.2, -0.15) is 0 Å². The van der Waals surface area contributed by atoms with Gasteiger partial charge in [0.25, 0.3) is 5.91 Å². The molecule has 0 aliphatic rings. The van der Waals surface area contributed by atoms with Crippen LogP contribution in [0.4, 0.5) is 0 Å². The number of amides is 1. The van der Waals surface area contributed by atoms with Crippen molar-refractivity contribution in [3.8, 4) is 0 Å². The van der Waals surface area contributed by atoms with Crippen molar-refractivity contribution in [1.82, 2.24) is 14.9 Å². The number of benzene rings is 2. The Hall–Kier alpha value is -2.40. The summed E-state index contributed by atoms with van der Waals surface area (Å²) >= 11 is 3.48. The van der Waals surface area contributed by atoms with Gasteiger partial charge < -0.3 is 9.88 Å². The normalized spacial score (nSPS) is 11.0. The lowest BCUT2D eigenvalue weighted by Crippen LogP contribution is -2.25. The van der Waals surface area contributed by atoms with Crippen LogP contribution in [0.2, 0.25) is 0 Å². The molecule has 1 aromatic heterocycles. The number of aromatic nitrogens is 2. The lowest BCUT2D eigenvalue weighted by atomic mass is 10.1. The van der Waals surface area contributed by atoms with Gasteiger partial charge in [-0.25, -0.2) is 4.98 Å². The molecule has 3 aromatic rings. The minimum atomic E-state index is 0.0140. The molecule has 0 saturated carbocycles. The molecule has 1 N–H and O–H groups in total. The van der Waals surface area contributed by atoms with Crippen LogP contribution in [-0.4, -0.2) is 22.0 Å². The summed E-state index contributed by atoms with van der Waals surface area (Å²) in [5.74, 6) is 1.10. The van der Waals surface area contributed by atoms with Crippen molar-refractivity contribution in [1.29, 1.82) is 0 Å². The number of fused-ring (bicyclic) bond motifs is 1. The molecule has 0 aliphatic heterocycles. The molecule has 0 bridgehead atoms. The summed E-state index contributed by atoms with van der Waals surface area (Å²) in [6.07, 6.45) is 3.96. The van der Waals surface area contributed by atoms with Crippen LogP contribution in [0.3, 0.4) is 0 Å². The molecule has 0 atom stereocenters. The number of imidazole rings is 1. The van der Waals surface area contributed by atoms with E-state index in [1.807, 2.05) is 44.2 Å². The summed E-state index contributed by atoms with van der Waals surface area (Å²) in [6, 6.07) is 14.1. The Morgan fingerprint density at radius 2 is 1.93 bits per heavy atom. The number of allylic oxidation sites excluding steroid dienone is 1. The fraction of sp³-hybridized carbons (Fsp3) is 0.333. The fourth-order valence-corrected chi connectivity index (χ4v) is 3.87. The zero-order chi connectivity index (χ0) is 20.8. The van der Waals surface area contributed by atoms with Crippen LogP contribution in [0.25, 0.3) is 11.0 Å². The highest BCUT2D eigenvalue weighted by atomic mass is 79.9. The summed E-state index contributed by atoms with van der Waals surface area (Å²) in [4.78, 5) is 17.1. The van der Waals surface area contributed by atoms with Crippen molar-refractivity contribution in [2.45, 2.75) is 46.1 Å². The number of halogens is 1. The van der Waals surface area contributed by atoms with Gasteiger partial charge in [-0.05, 0) is 50.5 Å². The SMILES string of the molecule is C=C(Br)Cn1c(CCCCCNC(=O)c2ccc(C)cc2C)nc2ccccc21. The molecule has 152 valence electrons. The van der Waals surface area contributed by atoms with Gasteiger partial charge in [0.05, 0.1) is 17.6 Å². The lowest BCUT2D eigenvalue weighted by molar-refractivity contribution is 0.0952. The van der Waals surface area contributed by atoms with E-state index in [1.54, 1.807) is 0 Å². The van der Waals surface area contributed by atoms with Crippen molar-refractivity contribution >= 4 is 32.9 Å². The Labute approximate surface area is 181 Å². The Balaban J connectivity index is 1.48. The highest BCUT2D eigenvalue weighted by molar-refractivity contribution is 9.11. The predicted octanol–water partition coefficient (Wildman–Crippen LogP) is 5.70. The number of hydrogen-bond donors (Lipinski definition) is 1. The number of carbonyl (C=O) groups excluding carboxylic acids is 1. The highest BCUT2D eigenvalue weighted by Crippen LogP contribution is 2.20.